The van der Waals surface area contributed by atoms with Crippen molar-refractivity contribution in [2.24, 2.45) is 10.8 Å². The topological polar surface area (TPSA) is 136 Å². The van der Waals surface area contributed by atoms with Crippen molar-refractivity contribution in [1.82, 2.24) is 5.32 Å². The van der Waals surface area contributed by atoms with E-state index in [1.165, 1.54) is 13.8 Å². The van der Waals surface area contributed by atoms with Crippen LogP contribution in [0.15, 0.2) is 0 Å². The van der Waals surface area contributed by atoms with Crippen LogP contribution in [0.5, 0.6) is 0 Å². The first-order valence-corrected chi connectivity index (χ1v) is 13.4. The summed E-state index contributed by atoms with van der Waals surface area (Å²) in [5.41, 5.74) is -4.91. The fraction of sp³-hybridized carbons (Fsp3) is 0.880. The first-order chi connectivity index (χ1) is 15.1. The Labute approximate surface area is 211 Å². The average Bonchev–Trinajstić information content (AvgIpc) is 2.53. The molecule has 0 saturated carbocycles. The van der Waals surface area contributed by atoms with E-state index in [1.807, 2.05) is 20.8 Å². The zero-order chi connectivity index (χ0) is 28.4. The van der Waals surface area contributed by atoms with E-state index in [0.29, 0.717) is 0 Å². The van der Waals surface area contributed by atoms with Crippen LogP contribution in [0.25, 0.3) is 0 Å². The number of hydrogen-bond acceptors (Lipinski definition) is 7. The summed E-state index contributed by atoms with van der Waals surface area (Å²) < 4.78 is 43.8. The van der Waals surface area contributed by atoms with Crippen molar-refractivity contribution in [3.05, 3.63) is 0 Å². The number of Topliss-reactive ketones (excluding diaryl/α,β-unsaturated/α-hetero) is 2. The second kappa shape index (κ2) is 10.9. The zero-order valence-electron chi connectivity index (χ0n) is 23.8. The lowest BCUT2D eigenvalue weighted by Crippen LogP contribution is -2.55. The standard InChI is InChI=1S/C25H47NO8S/c1-16(33-22(5,6)7)19(28)24(10,11)25(12,13)34-17(20(29)21(2,3)4)14-18(27)26-23(8,9)15-35(30,31)32/h16-17H,14-15H2,1-13H3,(H,26,27)(H,30,31,32). The van der Waals surface area contributed by atoms with Crippen LogP contribution in [0.1, 0.15) is 96.4 Å². The highest BCUT2D eigenvalue weighted by Crippen LogP contribution is 2.39. The van der Waals surface area contributed by atoms with Gasteiger partial charge in [-0.15, -0.1) is 0 Å². The van der Waals surface area contributed by atoms with Crippen LogP contribution < -0.4 is 5.32 Å². The van der Waals surface area contributed by atoms with Gasteiger partial charge in [0.25, 0.3) is 10.1 Å². The summed E-state index contributed by atoms with van der Waals surface area (Å²) in [5.74, 6) is -1.86. The summed E-state index contributed by atoms with van der Waals surface area (Å²) in [4.78, 5) is 39.4. The van der Waals surface area contributed by atoms with Crippen molar-refractivity contribution in [1.29, 1.82) is 0 Å². The van der Waals surface area contributed by atoms with Gasteiger partial charge in [-0.05, 0) is 55.4 Å². The maximum absolute atomic E-state index is 13.3. The molecule has 0 aliphatic heterocycles. The second-order valence-electron chi connectivity index (χ2n) is 13.0. The van der Waals surface area contributed by atoms with Crippen molar-refractivity contribution in [3.63, 3.8) is 0 Å². The predicted octanol–water partition coefficient (Wildman–Crippen LogP) is 3.74. The van der Waals surface area contributed by atoms with Gasteiger partial charge in [0.05, 0.1) is 34.3 Å². The van der Waals surface area contributed by atoms with Gasteiger partial charge in [-0.2, -0.15) is 8.42 Å². The van der Waals surface area contributed by atoms with Gasteiger partial charge in [-0.1, -0.05) is 34.6 Å². The number of nitrogens with one attached hydrogen (secondary N) is 1. The number of carbonyl (C=O) groups excluding carboxylic acids is 3. The molecule has 0 aromatic rings. The molecule has 0 aromatic heterocycles. The first kappa shape index (κ1) is 33.6. The number of ether oxygens (including phenoxy) is 2. The molecule has 206 valence electrons. The normalized spacial score (nSPS) is 15.9. The quantitative estimate of drug-likeness (QED) is 0.371. The molecule has 0 heterocycles. The van der Waals surface area contributed by atoms with Gasteiger partial charge in [0.15, 0.2) is 11.6 Å². The molecule has 0 radical (unpaired) electrons. The van der Waals surface area contributed by atoms with Crippen LogP contribution in [0, 0.1) is 10.8 Å². The molecule has 0 aromatic carbocycles. The molecular weight excluding hydrogens is 474 g/mol. The van der Waals surface area contributed by atoms with Gasteiger partial charge in [-0.25, -0.2) is 0 Å². The second-order valence-corrected chi connectivity index (χ2v) is 14.4. The van der Waals surface area contributed by atoms with E-state index < -0.39 is 61.6 Å². The van der Waals surface area contributed by atoms with Crippen LogP contribution in [0.4, 0.5) is 0 Å². The highest BCUT2D eigenvalue weighted by atomic mass is 32.2. The fourth-order valence-electron chi connectivity index (χ4n) is 3.65. The third kappa shape index (κ3) is 11.1. The van der Waals surface area contributed by atoms with Gasteiger partial charge in [-0.3, -0.25) is 18.9 Å². The smallest absolute Gasteiger partial charge is 0.267 e. The molecule has 0 bridgehead atoms. The Morgan fingerprint density at radius 1 is 0.829 bits per heavy atom. The van der Waals surface area contributed by atoms with Crippen LogP contribution in [0.2, 0.25) is 0 Å². The Balaban J connectivity index is 5.95. The molecule has 0 aliphatic rings. The molecule has 2 atom stereocenters. The Kier molecular flexibility index (Phi) is 10.5. The molecular formula is C25H47NO8S. The molecule has 0 rings (SSSR count). The summed E-state index contributed by atoms with van der Waals surface area (Å²) in [6, 6.07) is 0. The monoisotopic (exact) mass is 521 g/mol. The molecule has 0 spiro atoms. The predicted molar refractivity (Wildman–Crippen MR) is 136 cm³/mol. The molecule has 2 unspecified atom stereocenters. The molecule has 0 fully saturated rings. The molecule has 9 nitrogen and oxygen atoms in total. The number of carbonyl (C=O) groups is 3. The number of hydrogen-bond donors (Lipinski definition) is 2. The Bertz CT molecular complexity index is 889. The van der Waals surface area contributed by atoms with Crippen LogP contribution in [-0.2, 0) is 34.0 Å². The number of amides is 1. The van der Waals surface area contributed by atoms with E-state index in [4.69, 9.17) is 14.0 Å². The SMILES string of the molecule is CC(OC(C)(C)C)C(=O)C(C)(C)C(C)(C)OC(CC(=O)NC(C)(C)CS(=O)(=O)O)C(=O)C(C)(C)C. The third-order valence-corrected chi connectivity index (χ3v) is 6.97. The summed E-state index contributed by atoms with van der Waals surface area (Å²) >= 11 is 0. The van der Waals surface area contributed by atoms with Crippen LogP contribution >= 0.6 is 0 Å². The largest absolute Gasteiger partial charge is 0.365 e. The highest BCUT2D eigenvalue weighted by Gasteiger charge is 2.49. The van der Waals surface area contributed by atoms with E-state index in [-0.39, 0.29) is 18.0 Å². The zero-order valence-corrected chi connectivity index (χ0v) is 24.6. The summed E-state index contributed by atoms with van der Waals surface area (Å²) in [5, 5.41) is 2.54. The molecule has 10 heteroatoms. The van der Waals surface area contributed by atoms with Crippen molar-refractivity contribution < 1.29 is 36.8 Å². The summed E-state index contributed by atoms with van der Waals surface area (Å²) in [6.45, 7) is 22.0. The fourth-order valence-corrected chi connectivity index (χ4v) is 4.64. The minimum atomic E-state index is -4.34. The molecule has 1 amide bonds. The van der Waals surface area contributed by atoms with E-state index in [9.17, 15) is 22.8 Å². The van der Waals surface area contributed by atoms with E-state index in [1.54, 1.807) is 55.4 Å². The first-order valence-electron chi connectivity index (χ1n) is 11.8. The van der Waals surface area contributed by atoms with Crippen LogP contribution in [-0.4, -0.2) is 65.1 Å². The van der Waals surface area contributed by atoms with Gasteiger partial charge < -0.3 is 14.8 Å². The molecule has 0 saturated heterocycles. The lowest BCUT2D eigenvalue weighted by Gasteiger charge is -2.44. The minimum Gasteiger partial charge on any atom is -0.365 e. The number of ketones is 2. The van der Waals surface area contributed by atoms with Crippen molar-refractivity contribution in [3.8, 4) is 0 Å². The average molecular weight is 522 g/mol. The van der Waals surface area contributed by atoms with Gasteiger partial charge >= 0.3 is 0 Å². The van der Waals surface area contributed by atoms with Gasteiger partial charge in [0, 0.05) is 5.41 Å². The Morgan fingerprint density at radius 2 is 1.29 bits per heavy atom. The van der Waals surface area contributed by atoms with Crippen LogP contribution in [0.3, 0.4) is 0 Å². The third-order valence-electron chi connectivity index (χ3n) is 5.88. The van der Waals surface area contributed by atoms with Gasteiger partial charge in [0.1, 0.15) is 12.2 Å². The van der Waals surface area contributed by atoms with Crippen molar-refractivity contribution in [2.45, 2.75) is 125 Å². The van der Waals surface area contributed by atoms with E-state index in [2.05, 4.69) is 5.32 Å². The Morgan fingerprint density at radius 3 is 1.66 bits per heavy atom. The maximum atomic E-state index is 13.3. The highest BCUT2D eigenvalue weighted by molar-refractivity contribution is 7.85. The summed E-state index contributed by atoms with van der Waals surface area (Å²) in [6.07, 6.45) is -2.31. The molecule has 35 heavy (non-hydrogen) atoms. The molecule has 2 N–H and O–H groups in total. The lowest BCUT2D eigenvalue weighted by molar-refractivity contribution is -0.182. The number of rotatable bonds is 12. The van der Waals surface area contributed by atoms with Crippen molar-refractivity contribution >= 4 is 27.6 Å². The minimum absolute atomic E-state index is 0.210. The molecule has 0 aliphatic carbocycles. The van der Waals surface area contributed by atoms with Gasteiger partial charge in [0.2, 0.25) is 5.91 Å². The van der Waals surface area contributed by atoms with Crippen molar-refractivity contribution in [2.75, 3.05) is 5.75 Å². The summed E-state index contributed by atoms with van der Waals surface area (Å²) in [7, 11) is -4.34. The van der Waals surface area contributed by atoms with E-state index in [0.717, 1.165) is 0 Å². The Hall–Kier alpha value is -1.36. The lowest BCUT2D eigenvalue weighted by atomic mass is 9.71. The maximum Gasteiger partial charge on any atom is 0.267 e. The van der Waals surface area contributed by atoms with E-state index >= 15 is 0 Å².